The van der Waals surface area contributed by atoms with E-state index < -0.39 is 0 Å². The maximum atomic E-state index is 5.63. The van der Waals surface area contributed by atoms with Crippen LogP contribution in [-0.2, 0) is 16.9 Å². The first-order valence-corrected chi connectivity index (χ1v) is 5.65. The Hall–Kier alpha value is -0.450. The average Bonchev–Trinajstić information content (AvgIpc) is 2.54. The highest BCUT2D eigenvalue weighted by atomic mass is 32.1. The van der Waals surface area contributed by atoms with Crippen LogP contribution in [0.3, 0.4) is 0 Å². The maximum Gasteiger partial charge on any atom is 0.124 e. The first-order chi connectivity index (χ1) is 6.60. The first kappa shape index (κ1) is 11.6. The fourth-order valence-electron chi connectivity index (χ4n) is 1.26. The van der Waals surface area contributed by atoms with Gasteiger partial charge in [0.05, 0.1) is 0 Å². The summed E-state index contributed by atoms with van der Waals surface area (Å²) in [5, 5.41) is 4.16. The van der Waals surface area contributed by atoms with Crippen LogP contribution in [0, 0.1) is 0 Å². The van der Waals surface area contributed by atoms with E-state index in [0.29, 0.717) is 6.61 Å². The number of nitrogens with one attached hydrogen (secondary N) is 1. The van der Waals surface area contributed by atoms with Crippen LogP contribution in [0.4, 0.5) is 0 Å². The van der Waals surface area contributed by atoms with Crippen molar-refractivity contribution in [1.29, 1.82) is 0 Å². The highest BCUT2D eigenvalue weighted by molar-refractivity contribution is 7.11. The van der Waals surface area contributed by atoms with Gasteiger partial charge in [-0.15, -0.1) is 11.3 Å². The van der Waals surface area contributed by atoms with Crippen LogP contribution < -0.4 is 5.32 Å². The number of hydrogen-bond acceptors (Lipinski definition) is 4. The van der Waals surface area contributed by atoms with Crippen LogP contribution in [0.25, 0.3) is 0 Å². The molecule has 0 aromatic carbocycles. The Bertz CT molecular complexity index is 283. The highest BCUT2D eigenvalue weighted by Gasteiger charge is 2.24. The molecule has 0 bridgehead atoms. The quantitative estimate of drug-likeness (QED) is 0.815. The van der Waals surface area contributed by atoms with Crippen LogP contribution in [0.15, 0.2) is 6.20 Å². The summed E-state index contributed by atoms with van der Waals surface area (Å²) in [5.41, 5.74) is -0.259. The Labute approximate surface area is 89.5 Å². The van der Waals surface area contributed by atoms with Gasteiger partial charge in [0.15, 0.2) is 0 Å². The Balaban J connectivity index is 2.74. The monoisotopic (exact) mass is 214 g/mol. The fourth-order valence-corrected chi connectivity index (χ4v) is 2.24. The van der Waals surface area contributed by atoms with Gasteiger partial charge in [-0.3, -0.25) is 0 Å². The van der Waals surface area contributed by atoms with Gasteiger partial charge in [-0.25, -0.2) is 4.98 Å². The maximum absolute atomic E-state index is 5.63. The molecule has 1 aromatic heterocycles. The van der Waals surface area contributed by atoms with Crippen LogP contribution in [0.1, 0.15) is 30.7 Å². The summed E-state index contributed by atoms with van der Waals surface area (Å²) in [6.45, 7) is 7.70. The lowest BCUT2D eigenvalue weighted by atomic mass is 10.1. The van der Waals surface area contributed by atoms with Crippen molar-refractivity contribution < 1.29 is 4.74 Å². The standard InChI is InChI=1S/C10H18N2OS/c1-5-13-10(2,3)9-12-7-8(14-9)6-11-4/h7,11H,5-6H2,1-4H3. The van der Waals surface area contributed by atoms with E-state index >= 15 is 0 Å². The van der Waals surface area contributed by atoms with Crippen molar-refractivity contribution in [1.82, 2.24) is 10.3 Å². The van der Waals surface area contributed by atoms with Crippen LogP contribution >= 0.6 is 11.3 Å². The van der Waals surface area contributed by atoms with Gasteiger partial charge >= 0.3 is 0 Å². The number of rotatable bonds is 5. The molecule has 1 heterocycles. The second-order valence-corrected chi connectivity index (χ2v) is 4.72. The van der Waals surface area contributed by atoms with Gasteiger partial charge in [-0.2, -0.15) is 0 Å². The molecule has 1 aromatic rings. The van der Waals surface area contributed by atoms with Crippen molar-refractivity contribution in [2.45, 2.75) is 32.9 Å². The van der Waals surface area contributed by atoms with Crippen LogP contribution in [0.5, 0.6) is 0 Å². The molecule has 0 unspecified atom stereocenters. The van der Waals surface area contributed by atoms with E-state index in [0.717, 1.165) is 11.6 Å². The zero-order valence-corrected chi connectivity index (χ0v) is 10.1. The zero-order chi connectivity index (χ0) is 10.6. The molecule has 3 nitrogen and oxygen atoms in total. The lowest BCUT2D eigenvalue weighted by molar-refractivity contribution is -0.0141. The van der Waals surface area contributed by atoms with Gasteiger partial charge in [-0.05, 0) is 27.8 Å². The number of thiazole rings is 1. The third-order valence-corrected chi connectivity index (χ3v) is 3.23. The van der Waals surface area contributed by atoms with Gasteiger partial charge in [0.2, 0.25) is 0 Å². The van der Waals surface area contributed by atoms with E-state index in [1.54, 1.807) is 11.3 Å². The number of hydrogen-bond donors (Lipinski definition) is 1. The first-order valence-electron chi connectivity index (χ1n) is 4.84. The van der Waals surface area contributed by atoms with Crippen molar-refractivity contribution in [3.63, 3.8) is 0 Å². The number of nitrogens with zero attached hydrogens (tertiary/aromatic N) is 1. The number of ether oxygens (including phenoxy) is 1. The van der Waals surface area contributed by atoms with Crippen LogP contribution in [0.2, 0.25) is 0 Å². The van der Waals surface area contributed by atoms with Gasteiger partial charge in [0.25, 0.3) is 0 Å². The van der Waals surface area contributed by atoms with Crippen molar-refractivity contribution >= 4 is 11.3 Å². The van der Waals surface area contributed by atoms with Gasteiger partial charge in [0, 0.05) is 24.2 Å². The molecule has 0 amide bonds. The molecule has 1 N–H and O–H groups in total. The summed E-state index contributed by atoms with van der Waals surface area (Å²) >= 11 is 1.71. The molecule has 4 heteroatoms. The van der Waals surface area contributed by atoms with Crippen LogP contribution in [-0.4, -0.2) is 18.6 Å². The largest absolute Gasteiger partial charge is 0.369 e. The second kappa shape index (κ2) is 4.87. The molecule has 0 saturated carbocycles. The molecule has 0 spiro atoms. The van der Waals surface area contributed by atoms with Crippen molar-refractivity contribution in [3.05, 3.63) is 16.1 Å². The third kappa shape index (κ3) is 2.77. The predicted octanol–water partition coefficient (Wildman–Crippen LogP) is 2.13. The van der Waals surface area contributed by atoms with E-state index in [9.17, 15) is 0 Å². The SMILES string of the molecule is CCOC(C)(C)c1ncc(CNC)s1. The minimum Gasteiger partial charge on any atom is -0.369 e. The Morgan fingerprint density at radius 2 is 2.29 bits per heavy atom. The minimum absolute atomic E-state index is 0.259. The molecular formula is C10H18N2OS. The fraction of sp³-hybridized carbons (Fsp3) is 0.700. The number of aromatic nitrogens is 1. The molecule has 0 radical (unpaired) electrons. The summed E-state index contributed by atoms with van der Waals surface area (Å²) < 4.78 is 5.63. The third-order valence-electron chi connectivity index (χ3n) is 1.92. The molecule has 0 fully saturated rings. The molecule has 0 aliphatic heterocycles. The zero-order valence-electron chi connectivity index (χ0n) is 9.26. The van der Waals surface area contributed by atoms with Gasteiger partial charge < -0.3 is 10.1 Å². The summed E-state index contributed by atoms with van der Waals surface area (Å²) in [4.78, 5) is 5.62. The Morgan fingerprint density at radius 1 is 1.57 bits per heavy atom. The minimum atomic E-state index is -0.259. The molecule has 0 aliphatic rings. The lowest BCUT2D eigenvalue weighted by Gasteiger charge is -2.21. The molecule has 80 valence electrons. The predicted molar refractivity (Wildman–Crippen MR) is 59.5 cm³/mol. The molecule has 14 heavy (non-hydrogen) atoms. The van der Waals surface area contributed by atoms with Gasteiger partial charge in [0.1, 0.15) is 10.6 Å². The molecule has 0 atom stereocenters. The summed E-state index contributed by atoms with van der Waals surface area (Å²) in [6, 6.07) is 0. The van der Waals surface area contributed by atoms with E-state index in [1.165, 1.54) is 4.88 Å². The molecule has 0 saturated heterocycles. The molecule has 1 rings (SSSR count). The topological polar surface area (TPSA) is 34.1 Å². The Kier molecular flexibility index (Phi) is 4.04. The van der Waals surface area contributed by atoms with E-state index in [-0.39, 0.29) is 5.60 Å². The smallest absolute Gasteiger partial charge is 0.124 e. The average molecular weight is 214 g/mol. The molecule has 0 aliphatic carbocycles. The Morgan fingerprint density at radius 3 is 2.86 bits per heavy atom. The summed E-state index contributed by atoms with van der Waals surface area (Å²) in [7, 11) is 1.94. The van der Waals surface area contributed by atoms with Crippen molar-refractivity contribution in [3.8, 4) is 0 Å². The second-order valence-electron chi connectivity index (χ2n) is 3.61. The van der Waals surface area contributed by atoms with Crippen molar-refractivity contribution in [2.75, 3.05) is 13.7 Å². The van der Waals surface area contributed by atoms with Gasteiger partial charge in [-0.1, -0.05) is 0 Å². The lowest BCUT2D eigenvalue weighted by Crippen LogP contribution is -2.21. The normalized spacial score (nSPS) is 12.0. The van der Waals surface area contributed by atoms with Crippen molar-refractivity contribution in [2.24, 2.45) is 0 Å². The van der Waals surface area contributed by atoms with E-state index in [2.05, 4.69) is 24.1 Å². The van der Waals surface area contributed by atoms with E-state index in [4.69, 9.17) is 4.74 Å². The summed E-state index contributed by atoms with van der Waals surface area (Å²) in [6.07, 6.45) is 1.91. The highest BCUT2D eigenvalue weighted by Crippen LogP contribution is 2.28. The summed E-state index contributed by atoms with van der Waals surface area (Å²) in [5.74, 6) is 0. The molecular weight excluding hydrogens is 196 g/mol. The van der Waals surface area contributed by atoms with E-state index in [1.807, 2.05) is 20.2 Å².